The Morgan fingerprint density at radius 1 is 1.50 bits per heavy atom. The Hall–Kier alpha value is -1.36. The standard InChI is InChI=1S/C13H18N2O2S/c1-13(2,3)17-12(16)15-7-5-4-6-10(15)11-8-14-9-18-11/h4-5,8-10H,6-7H2,1-3H3. The zero-order chi connectivity index (χ0) is 13.2. The first kappa shape index (κ1) is 13.1. The second-order valence-electron chi connectivity index (χ2n) is 5.26. The van der Waals surface area contributed by atoms with Gasteiger partial charge in [0.05, 0.1) is 11.6 Å². The van der Waals surface area contributed by atoms with E-state index in [1.807, 2.05) is 33.0 Å². The molecule has 1 aromatic heterocycles. The molecule has 1 aromatic rings. The fourth-order valence-corrected chi connectivity index (χ4v) is 2.60. The second kappa shape index (κ2) is 5.10. The molecule has 0 radical (unpaired) electrons. The largest absolute Gasteiger partial charge is 0.444 e. The van der Waals surface area contributed by atoms with Crippen LogP contribution in [0.15, 0.2) is 23.9 Å². The lowest BCUT2D eigenvalue weighted by molar-refractivity contribution is 0.0179. The Labute approximate surface area is 111 Å². The smallest absolute Gasteiger partial charge is 0.411 e. The van der Waals surface area contributed by atoms with Gasteiger partial charge >= 0.3 is 6.09 Å². The SMILES string of the molecule is CC(C)(C)OC(=O)N1CC=CCC1c1cncs1. The number of carbonyl (C=O) groups is 1. The normalized spacial score (nSPS) is 19.9. The van der Waals surface area contributed by atoms with Crippen molar-refractivity contribution in [3.63, 3.8) is 0 Å². The number of rotatable bonds is 1. The van der Waals surface area contributed by atoms with Crippen LogP contribution in [0.3, 0.4) is 0 Å². The van der Waals surface area contributed by atoms with Crippen molar-refractivity contribution in [2.75, 3.05) is 6.54 Å². The van der Waals surface area contributed by atoms with Crippen molar-refractivity contribution >= 4 is 17.4 Å². The summed E-state index contributed by atoms with van der Waals surface area (Å²) in [5.74, 6) is 0. The van der Waals surface area contributed by atoms with Crippen LogP contribution >= 0.6 is 11.3 Å². The summed E-state index contributed by atoms with van der Waals surface area (Å²) in [5, 5.41) is 0. The number of nitrogens with zero attached hydrogens (tertiary/aromatic N) is 2. The molecule has 0 aromatic carbocycles. The number of amides is 1. The number of aromatic nitrogens is 1. The van der Waals surface area contributed by atoms with E-state index in [9.17, 15) is 4.79 Å². The van der Waals surface area contributed by atoms with Crippen molar-refractivity contribution in [1.29, 1.82) is 0 Å². The monoisotopic (exact) mass is 266 g/mol. The summed E-state index contributed by atoms with van der Waals surface area (Å²) in [7, 11) is 0. The van der Waals surface area contributed by atoms with Crippen molar-refractivity contribution in [2.45, 2.75) is 38.8 Å². The number of hydrogen-bond donors (Lipinski definition) is 0. The molecule has 0 saturated heterocycles. The van der Waals surface area contributed by atoms with Crippen molar-refractivity contribution in [3.05, 3.63) is 28.7 Å². The van der Waals surface area contributed by atoms with Gasteiger partial charge in [-0.1, -0.05) is 12.2 Å². The van der Waals surface area contributed by atoms with Gasteiger partial charge in [-0.25, -0.2) is 4.79 Å². The molecular weight excluding hydrogens is 248 g/mol. The Morgan fingerprint density at radius 3 is 2.89 bits per heavy atom. The maximum atomic E-state index is 12.2. The number of carbonyl (C=O) groups excluding carboxylic acids is 1. The molecule has 0 saturated carbocycles. The molecule has 98 valence electrons. The number of thiazole rings is 1. The van der Waals surface area contributed by atoms with E-state index in [4.69, 9.17) is 4.74 Å². The van der Waals surface area contributed by atoms with E-state index in [0.717, 1.165) is 11.3 Å². The molecule has 5 heteroatoms. The van der Waals surface area contributed by atoms with Gasteiger partial charge in [-0.2, -0.15) is 0 Å². The van der Waals surface area contributed by atoms with Gasteiger partial charge < -0.3 is 4.74 Å². The first-order valence-corrected chi connectivity index (χ1v) is 6.88. The molecular formula is C13H18N2O2S. The van der Waals surface area contributed by atoms with Crippen LogP contribution in [0, 0.1) is 0 Å². The quantitative estimate of drug-likeness (QED) is 0.732. The van der Waals surface area contributed by atoms with E-state index in [-0.39, 0.29) is 12.1 Å². The van der Waals surface area contributed by atoms with Gasteiger partial charge in [0.1, 0.15) is 5.60 Å². The molecule has 4 nitrogen and oxygen atoms in total. The zero-order valence-corrected chi connectivity index (χ0v) is 11.7. The Kier molecular flexibility index (Phi) is 3.71. The fourth-order valence-electron chi connectivity index (χ4n) is 1.85. The van der Waals surface area contributed by atoms with E-state index in [2.05, 4.69) is 11.1 Å². The topological polar surface area (TPSA) is 42.4 Å². The van der Waals surface area contributed by atoms with Gasteiger partial charge in [-0.15, -0.1) is 11.3 Å². The van der Waals surface area contributed by atoms with Gasteiger partial charge in [-0.05, 0) is 27.2 Å². The Balaban J connectivity index is 2.14. The van der Waals surface area contributed by atoms with Crippen LogP contribution in [-0.2, 0) is 4.74 Å². The minimum absolute atomic E-state index is 0.0531. The molecule has 1 amide bonds. The summed E-state index contributed by atoms with van der Waals surface area (Å²) in [6.45, 7) is 6.24. The van der Waals surface area contributed by atoms with Crippen LogP contribution in [0.4, 0.5) is 4.79 Å². The minimum atomic E-state index is -0.462. The van der Waals surface area contributed by atoms with Crippen LogP contribution < -0.4 is 0 Å². The highest BCUT2D eigenvalue weighted by atomic mass is 32.1. The van der Waals surface area contributed by atoms with Crippen molar-refractivity contribution < 1.29 is 9.53 Å². The lowest BCUT2D eigenvalue weighted by Crippen LogP contribution is -2.40. The highest BCUT2D eigenvalue weighted by Crippen LogP contribution is 2.31. The Morgan fingerprint density at radius 2 is 2.28 bits per heavy atom. The molecule has 0 spiro atoms. The van der Waals surface area contributed by atoms with Gasteiger partial charge in [-0.3, -0.25) is 9.88 Å². The van der Waals surface area contributed by atoms with Crippen molar-refractivity contribution in [3.8, 4) is 0 Å². The molecule has 0 aliphatic carbocycles. The summed E-state index contributed by atoms with van der Waals surface area (Å²) in [5.41, 5.74) is 1.33. The van der Waals surface area contributed by atoms with Crippen LogP contribution in [0.2, 0.25) is 0 Å². The van der Waals surface area contributed by atoms with E-state index in [0.29, 0.717) is 6.54 Å². The van der Waals surface area contributed by atoms with Gasteiger partial charge in [0, 0.05) is 17.6 Å². The first-order chi connectivity index (χ1) is 8.47. The first-order valence-electron chi connectivity index (χ1n) is 6.00. The lowest BCUT2D eigenvalue weighted by atomic mass is 10.1. The number of ether oxygens (including phenoxy) is 1. The molecule has 18 heavy (non-hydrogen) atoms. The Bertz CT molecular complexity index is 434. The third kappa shape index (κ3) is 3.10. The maximum absolute atomic E-state index is 12.2. The summed E-state index contributed by atoms with van der Waals surface area (Å²) in [6.07, 6.45) is 6.49. The van der Waals surface area contributed by atoms with Gasteiger partial charge in [0.15, 0.2) is 0 Å². The van der Waals surface area contributed by atoms with Crippen molar-refractivity contribution in [2.24, 2.45) is 0 Å². The van der Waals surface area contributed by atoms with Crippen LogP contribution in [0.5, 0.6) is 0 Å². The third-order valence-corrected chi connectivity index (χ3v) is 3.49. The van der Waals surface area contributed by atoms with Crippen LogP contribution in [0.1, 0.15) is 38.1 Å². The fraction of sp³-hybridized carbons (Fsp3) is 0.538. The highest BCUT2D eigenvalue weighted by Gasteiger charge is 2.30. The minimum Gasteiger partial charge on any atom is -0.444 e. The highest BCUT2D eigenvalue weighted by molar-refractivity contribution is 7.09. The number of hydrogen-bond acceptors (Lipinski definition) is 4. The predicted octanol–water partition coefficient (Wildman–Crippen LogP) is 3.38. The third-order valence-electron chi connectivity index (χ3n) is 2.61. The molecule has 1 atom stereocenters. The molecule has 1 aliphatic heterocycles. The zero-order valence-electron chi connectivity index (χ0n) is 10.9. The average Bonchev–Trinajstić information content (AvgIpc) is 2.80. The molecule has 1 aliphatic rings. The summed E-state index contributed by atoms with van der Waals surface area (Å²) < 4.78 is 5.44. The van der Waals surface area contributed by atoms with E-state index >= 15 is 0 Å². The lowest BCUT2D eigenvalue weighted by Gasteiger charge is -2.33. The molecule has 0 bridgehead atoms. The molecule has 0 N–H and O–H groups in total. The predicted molar refractivity (Wildman–Crippen MR) is 71.6 cm³/mol. The molecule has 2 heterocycles. The summed E-state index contributed by atoms with van der Waals surface area (Å²) in [4.78, 5) is 19.1. The second-order valence-corrected chi connectivity index (χ2v) is 6.18. The van der Waals surface area contributed by atoms with Gasteiger partial charge in [0.2, 0.25) is 0 Å². The van der Waals surface area contributed by atoms with Crippen LogP contribution in [0.25, 0.3) is 0 Å². The summed E-state index contributed by atoms with van der Waals surface area (Å²) >= 11 is 1.57. The van der Waals surface area contributed by atoms with Gasteiger partial charge in [0.25, 0.3) is 0 Å². The van der Waals surface area contributed by atoms with E-state index in [1.54, 1.807) is 21.7 Å². The summed E-state index contributed by atoms with van der Waals surface area (Å²) in [6, 6.07) is 0.0531. The average molecular weight is 266 g/mol. The molecule has 1 unspecified atom stereocenters. The van der Waals surface area contributed by atoms with E-state index in [1.165, 1.54) is 0 Å². The molecule has 0 fully saturated rings. The van der Waals surface area contributed by atoms with Crippen LogP contribution in [-0.4, -0.2) is 28.1 Å². The maximum Gasteiger partial charge on any atom is 0.411 e. The van der Waals surface area contributed by atoms with E-state index < -0.39 is 5.60 Å². The van der Waals surface area contributed by atoms with Crippen molar-refractivity contribution in [1.82, 2.24) is 9.88 Å². The molecule has 2 rings (SSSR count).